The van der Waals surface area contributed by atoms with Crippen LogP contribution in [-0.4, -0.2) is 69.0 Å². The highest BCUT2D eigenvalue weighted by Crippen LogP contribution is 2.46. The third-order valence-electron chi connectivity index (χ3n) is 3.72. The van der Waals surface area contributed by atoms with Gasteiger partial charge < -0.3 is 15.3 Å². The minimum Gasteiger partial charge on any atom is -0.369 e. The lowest BCUT2D eigenvalue weighted by molar-refractivity contribution is 0.00700. The van der Waals surface area contributed by atoms with E-state index in [9.17, 15) is 54.2 Å². The van der Waals surface area contributed by atoms with Crippen LogP contribution >= 0.6 is 0 Å². The quantitative estimate of drug-likeness (QED) is 0.164. The van der Waals surface area contributed by atoms with E-state index in [1.807, 2.05) is 0 Å². The second-order valence-electron chi connectivity index (χ2n) is 5.20. The molecule has 0 saturated heterocycles. The van der Waals surface area contributed by atoms with Crippen LogP contribution in [0.25, 0.3) is 0 Å². The van der Waals surface area contributed by atoms with Crippen molar-refractivity contribution in [3.8, 4) is 0 Å². The van der Waals surface area contributed by atoms with E-state index >= 15 is 0 Å². The SMILES string of the molecule is C=CC(O)(C(=C)C(C(O)(C=C)S(=O)(=O)O)C(O)(C=C)S(=O)(=O)O)S(=O)(=O)O. The van der Waals surface area contributed by atoms with E-state index in [2.05, 4.69) is 26.3 Å². The summed E-state index contributed by atoms with van der Waals surface area (Å²) in [6, 6.07) is 0. The summed E-state index contributed by atoms with van der Waals surface area (Å²) in [5.74, 6) is -3.20. The van der Waals surface area contributed by atoms with Crippen molar-refractivity contribution in [2.45, 2.75) is 14.8 Å². The van der Waals surface area contributed by atoms with E-state index in [-0.39, 0.29) is 18.2 Å². The Balaban J connectivity index is 7.55. The summed E-state index contributed by atoms with van der Waals surface area (Å²) in [6.45, 7) is 11.4. The largest absolute Gasteiger partial charge is 0.369 e. The second-order valence-corrected chi connectivity index (χ2v) is 9.98. The first-order chi connectivity index (χ1) is 11.7. The first kappa shape index (κ1) is 25.6. The van der Waals surface area contributed by atoms with Crippen LogP contribution in [0.3, 0.4) is 0 Å². The third kappa shape index (κ3) is 3.91. The third-order valence-corrected chi connectivity index (χ3v) is 7.39. The van der Waals surface area contributed by atoms with Gasteiger partial charge in [0.05, 0.1) is 5.92 Å². The molecule has 3 unspecified atom stereocenters. The highest BCUT2D eigenvalue weighted by Gasteiger charge is 2.64. The Morgan fingerprint density at radius 1 is 0.704 bits per heavy atom. The predicted octanol–water partition coefficient (Wildman–Crippen LogP) is -1.55. The van der Waals surface area contributed by atoms with Crippen molar-refractivity contribution in [1.82, 2.24) is 0 Å². The molecule has 0 fully saturated rings. The van der Waals surface area contributed by atoms with Gasteiger partial charge in [0, 0.05) is 0 Å². The zero-order chi connectivity index (χ0) is 22.3. The van der Waals surface area contributed by atoms with E-state index in [0.29, 0.717) is 0 Å². The van der Waals surface area contributed by atoms with Crippen LogP contribution in [0.2, 0.25) is 0 Å². The van der Waals surface area contributed by atoms with Crippen LogP contribution < -0.4 is 0 Å². The predicted molar refractivity (Wildman–Crippen MR) is 92.7 cm³/mol. The smallest absolute Gasteiger partial charge is 0.303 e. The lowest BCUT2D eigenvalue weighted by Crippen LogP contribution is -2.61. The van der Waals surface area contributed by atoms with Crippen molar-refractivity contribution in [2.75, 3.05) is 0 Å². The minimum absolute atomic E-state index is 0.0403. The van der Waals surface area contributed by atoms with Crippen molar-refractivity contribution < 1.29 is 54.2 Å². The molecule has 156 valence electrons. The van der Waals surface area contributed by atoms with Gasteiger partial charge in [-0.1, -0.05) is 26.3 Å². The van der Waals surface area contributed by atoms with Gasteiger partial charge in [0.1, 0.15) is 0 Å². The Labute approximate surface area is 155 Å². The Hall–Kier alpha value is -1.43. The van der Waals surface area contributed by atoms with Gasteiger partial charge in [0.2, 0.25) is 14.8 Å². The van der Waals surface area contributed by atoms with Gasteiger partial charge in [-0.25, -0.2) is 0 Å². The van der Waals surface area contributed by atoms with Crippen molar-refractivity contribution in [2.24, 2.45) is 5.92 Å². The Bertz CT molecular complexity index is 927. The number of hydrogen-bond donors (Lipinski definition) is 6. The molecule has 0 aromatic heterocycles. The number of aliphatic hydroxyl groups is 3. The van der Waals surface area contributed by atoms with E-state index in [0.717, 1.165) is 0 Å². The maximum Gasteiger partial charge on any atom is 0.303 e. The van der Waals surface area contributed by atoms with Crippen molar-refractivity contribution in [3.63, 3.8) is 0 Å². The lowest BCUT2D eigenvalue weighted by atomic mass is 9.84. The summed E-state index contributed by atoms with van der Waals surface area (Å²) < 4.78 is 97.3. The van der Waals surface area contributed by atoms with Crippen LogP contribution in [0.15, 0.2) is 50.1 Å². The molecular formula is C12H18O12S3. The highest BCUT2D eigenvalue weighted by molar-refractivity contribution is 7.88. The van der Waals surface area contributed by atoms with Crippen LogP contribution in [0.4, 0.5) is 0 Å². The standard InChI is InChI=1S/C12H18O12S3/c1-5-10(13,25(16,17)18)8(4)9(11(14,6-2)26(19,20)21)12(15,7-3)27(22,23)24/h5-7,9,13-15H,1-4H2,(H,16,17,18)(H,19,20,21)(H,22,23,24). The summed E-state index contributed by atoms with van der Waals surface area (Å²) in [4.78, 5) is -11.7. The molecule has 15 heteroatoms. The van der Waals surface area contributed by atoms with Gasteiger partial charge in [0.25, 0.3) is 20.2 Å². The van der Waals surface area contributed by atoms with E-state index in [4.69, 9.17) is 0 Å². The summed E-state index contributed by atoms with van der Waals surface area (Å²) >= 11 is 0. The molecule has 0 saturated carbocycles. The maximum absolute atomic E-state index is 11.6. The average Bonchev–Trinajstić information content (AvgIpc) is 2.49. The van der Waals surface area contributed by atoms with Gasteiger partial charge in [-0.3, -0.25) is 13.7 Å². The zero-order valence-corrected chi connectivity index (χ0v) is 15.9. The molecule has 0 bridgehead atoms. The van der Waals surface area contributed by atoms with Crippen LogP contribution in [0.5, 0.6) is 0 Å². The van der Waals surface area contributed by atoms with Gasteiger partial charge in [0.15, 0.2) is 0 Å². The second kappa shape index (κ2) is 7.19. The molecule has 27 heavy (non-hydrogen) atoms. The van der Waals surface area contributed by atoms with Crippen LogP contribution in [-0.2, 0) is 30.4 Å². The topological polar surface area (TPSA) is 224 Å². The number of rotatable bonds is 10. The summed E-state index contributed by atoms with van der Waals surface area (Å²) in [7, 11) is -17.4. The fourth-order valence-corrected chi connectivity index (χ4v) is 4.54. The monoisotopic (exact) mass is 450 g/mol. The minimum atomic E-state index is -5.85. The summed E-state index contributed by atoms with van der Waals surface area (Å²) in [5, 5.41) is 30.8. The molecule has 0 aromatic rings. The molecule has 0 spiro atoms. The van der Waals surface area contributed by atoms with Crippen molar-refractivity contribution in [3.05, 3.63) is 50.1 Å². The van der Waals surface area contributed by atoms with Gasteiger partial charge >= 0.3 is 10.1 Å². The summed E-state index contributed by atoms with van der Waals surface area (Å²) in [6.07, 6.45) is -0.0602. The molecule has 0 aliphatic rings. The molecule has 0 aliphatic heterocycles. The van der Waals surface area contributed by atoms with E-state index in [1.54, 1.807) is 0 Å². The molecule has 0 amide bonds. The Morgan fingerprint density at radius 3 is 1.15 bits per heavy atom. The molecule has 3 atom stereocenters. The Kier molecular flexibility index (Phi) is 6.81. The van der Waals surface area contributed by atoms with Gasteiger partial charge in [-0.05, 0) is 23.8 Å². The maximum atomic E-state index is 11.6. The molecular weight excluding hydrogens is 432 g/mol. The van der Waals surface area contributed by atoms with Crippen LogP contribution in [0, 0.1) is 5.92 Å². The molecule has 0 heterocycles. The number of hydrogen-bond acceptors (Lipinski definition) is 9. The molecule has 0 radical (unpaired) electrons. The highest BCUT2D eigenvalue weighted by atomic mass is 32.2. The average molecular weight is 450 g/mol. The van der Waals surface area contributed by atoms with Gasteiger partial charge in [-0.2, -0.15) is 25.3 Å². The molecule has 12 nitrogen and oxygen atoms in total. The van der Waals surface area contributed by atoms with Gasteiger partial charge in [-0.15, -0.1) is 0 Å². The molecule has 0 aromatic carbocycles. The molecule has 0 aliphatic carbocycles. The lowest BCUT2D eigenvalue weighted by Gasteiger charge is -2.42. The van der Waals surface area contributed by atoms with E-state index in [1.165, 1.54) is 0 Å². The normalized spacial score (nSPS) is 21.0. The first-order valence-corrected chi connectivity index (χ1v) is 10.7. The fraction of sp³-hybridized carbons (Fsp3) is 0.333. The summed E-state index contributed by atoms with van der Waals surface area (Å²) in [5.41, 5.74) is -1.64. The fourth-order valence-electron chi connectivity index (χ4n) is 2.15. The van der Waals surface area contributed by atoms with Crippen molar-refractivity contribution in [1.29, 1.82) is 0 Å². The van der Waals surface area contributed by atoms with Crippen LogP contribution in [0.1, 0.15) is 0 Å². The van der Waals surface area contributed by atoms with E-state index < -0.39 is 56.6 Å². The first-order valence-electron chi connectivity index (χ1n) is 6.39. The van der Waals surface area contributed by atoms with Crippen molar-refractivity contribution >= 4 is 30.4 Å². The zero-order valence-electron chi connectivity index (χ0n) is 13.5. The Morgan fingerprint density at radius 2 is 1.00 bits per heavy atom. The molecule has 0 rings (SSSR count). The molecule has 6 N–H and O–H groups in total.